The fraction of sp³-hybridized carbons (Fsp3) is 0.933. The predicted molar refractivity (Wildman–Crippen MR) is 78.2 cm³/mol. The van der Waals surface area contributed by atoms with Crippen LogP contribution in [0.1, 0.15) is 46.5 Å². The minimum atomic E-state index is 0.163. The zero-order valence-electron chi connectivity index (χ0n) is 13.0. The van der Waals surface area contributed by atoms with E-state index < -0.39 is 0 Å². The van der Waals surface area contributed by atoms with Crippen molar-refractivity contribution < 1.29 is 9.53 Å². The molecule has 0 aromatic heterocycles. The van der Waals surface area contributed by atoms with Gasteiger partial charge in [-0.1, -0.05) is 20.3 Å². The maximum absolute atomic E-state index is 11.9. The van der Waals surface area contributed by atoms with Gasteiger partial charge in [-0.15, -0.1) is 0 Å². The van der Waals surface area contributed by atoms with Crippen molar-refractivity contribution in [1.29, 1.82) is 0 Å². The summed E-state index contributed by atoms with van der Waals surface area (Å²) in [5, 5.41) is 3.07. The van der Waals surface area contributed by atoms with Gasteiger partial charge in [0, 0.05) is 13.2 Å². The van der Waals surface area contributed by atoms with Crippen LogP contribution in [0.3, 0.4) is 0 Å². The summed E-state index contributed by atoms with van der Waals surface area (Å²) in [6.45, 7) is 9.84. The molecule has 0 spiro atoms. The van der Waals surface area contributed by atoms with E-state index in [0.717, 1.165) is 45.4 Å². The number of amides is 1. The van der Waals surface area contributed by atoms with Crippen LogP contribution in [0, 0.1) is 5.41 Å². The van der Waals surface area contributed by atoms with Crippen molar-refractivity contribution in [2.45, 2.75) is 52.5 Å². The minimum Gasteiger partial charge on any atom is -0.384 e. The lowest BCUT2D eigenvalue weighted by atomic mass is 9.81. The van der Waals surface area contributed by atoms with Gasteiger partial charge in [0.05, 0.1) is 13.2 Å². The molecule has 1 heterocycles. The van der Waals surface area contributed by atoms with E-state index in [1.54, 1.807) is 7.11 Å². The summed E-state index contributed by atoms with van der Waals surface area (Å²) < 4.78 is 5.28. The van der Waals surface area contributed by atoms with E-state index in [-0.39, 0.29) is 11.3 Å². The Kier molecular flexibility index (Phi) is 6.80. The second-order valence-corrected chi connectivity index (χ2v) is 6.28. The van der Waals surface area contributed by atoms with Gasteiger partial charge in [0.25, 0.3) is 0 Å². The second-order valence-electron chi connectivity index (χ2n) is 6.28. The van der Waals surface area contributed by atoms with Crippen LogP contribution in [0.5, 0.6) is 0 Å². The normalized spacial score (nSPS) is 21.1. The molecule has 1 fully saturated rings. The lowest BCUT2D eigenvalue weighted by Gasteiger charge is -2.38. The Labute approximate surface area is 117 Å². The highest BCUT2D eigenvalue weighted by Crippen LogP contribution is 2.30. The molecule has 0 saturated carbocycles. The van der Waals surface area contributed by atoms with Gasteiger partial charge < -0.3 is 10.1 Å². The zero-order chi connectivity index (χ0) is 14.3. The monoisotopic (exact) mass is 270 g/mol. The van der Waals surface area contributed by atoms with Crippen LogP contribution < -0.4 is 5.32 Å². The van der Waals surface area contributed by atoms with Gasteiger partial charge >= 0.3 is 0 Å². The molecule has 112 valence electrons. The SMILES string of the molecule is CCC[C@H](C)NC(=O)CN1CCC(C)(COC)CC1. The fourth-order valence-electron chi connectivity index (χ4n) is 2.77. The molecular weight excluding hydrogens is 240 g/mol. The largest absolute Gasteiger partial charge is 0.384 e. The summed E-state index contributed by atoms with van der Waals surface area (Å²) in [6, 6.07) is 0.293. The summed E-state index contributed by atoms with van der Waals surface area (Å²) in [7, 11) is 1.76. The van der Waals surface area contributed by atoms with E-state index in [1.807, 2.05) is 0 Å². The van der Waals surface area contributed by atoms with E-state index in [4.69, 9.17) is 4.74 Å². The lowest BCUT2D eigenvalue weighted by molar-refractivity contribution is -0.123. The highest BCUT2D eigenvalue weighted by molar-refractivity contribution is 5.78. The minimum absolute atomic E-state index is 0.163. The average Bonchev–Trinajstić information content (AvgIpc) is 2.33. The molecule has 0 bridgehead atoms. The summed E-state index contributed by atoms with van der Waals surface area (Å²) >= 11 is 0. The summed E-state index contributed by atoms with van der Waals surface area (Å²) in [5.41, 5.74) is 0.289. The average molecular weight is 270 g/mol. The Morgan fingerprint density at radius 1 is 1.42 bits per heavy atom. The first kappa shape index (κ1) is 16.4. The molecule has 1 amide bonds. The fourth-order valence-corrected chi connectivity index (χ4v) is 2.77. The van der Waals surface area contributed by atoms with Gasteiger partial charge in [-0.25, -0.2) is 0 Å². The number of hydrogen-bond donors (Lipinski definition) is 1. The summed E-state index contributed by atoms with van der Waals surface area (Å²) in [5.74, 6) is 0.163. The Hall–Kier alpha value is -0.610. The molecule has 1 N–H and O–H groups in total. The van der Waals surface area contributed by atoms with Crippen molar-refractivity contribution in [3.05, 3.63) is 0 Å². The number of carbonyl (C=O) groups is 1. The van der Waals surface area contributed by atoms with Crippen molar-refractivity contribution in [2.24, 2.45) is 5.41 Å². The molecule has 4 nitrogen and oxygen atoms in total. The molecule has 0 unspecified atom stereocenters. The first-order chi connectivity index (χ1) is 8.99. The number of methoxy groups -OCH3 is 1. The molecule has 4 heteroatoms. The Morgan fingerprint density at radius 2 is 2.05 bits per heavy atom. The molecular formula is C15H30N2O2. The molecule has 1 saturated heterocycles. The summed E-state index contributed by atoms with van der Waals surface area (Å²) in [4.78, 5) is 14.2. The van der Waals surface area contributed by atoms with Crippen molar-refractivity contribution >= 4 is 5.91 Å². The number of carbonyl (C=O) groups excluding carboxylic acids is 1. The number of nitrogens with one attached hydrogen (secondary N) is 1. The molecule has 0 aromatic carbocycles. The van der Waals surface area contributed by atoms with Crippen molar-refractivity contribution in [2.75, 3.05) is 33.4 Å². The van der Waals surface area contributed by atoms with Crippen molar-refractivity contribution in [3.63, 3.8) is 0 Å². The molecule has 0 radical (unpaired) electrons. The maximum atomic E-state index is 11.9. The number of likely N-dealkylation sites (tertiary alicyclic amines) is 1. The molecule has 0 aliphatic carbocycles. The third-order valence-corrected chi connectivity index (χ3v) is 4.05. The molecule has 0 aromatic rings. The predicted octanol–water partition coefficient (Wildman–Crippen LogP) is 2.04. The summed E-state index contributed by atoms with van der Waals surface area (Å²) in [6.07, 6.45) is 4.38. The van der Waals surface area contributed by atoms with Crippen molar-refractivity contribution in [3.8, 4) is 0 Å². The molecule has 19 heavy (non-hydrogen) atoms. The van der Waals surface area contributed by atoms with E-state index >= 15 is 0 Å². The third-order valence-electron chi connectivity index (χ3n) is 4.05. The zero-order valence-corrected chi connectivity index (χ0v) is 13.0. The van der Waals surface area contributed by atoms with Gasteiger partial charge in [-0.2, -0.15) is 0 Å². The molecule has 1 rings (SSSR count). The van der Waals surface area contributed by atoms with Crippen molar-refractivity contribution in [1.82, 2.24) is 10.2 Å². The quantitative estimate of drug-likeness (QED) is 0.770. The van der Waals surface area contributed by atoms with E-state index in [1.165, 1.54) is 0 Å². The van der Waals surface area contributed by atoms with Gasteiger partial charge in [0.1, 0.15) is 0 Å². The van der Waals surface area contributed by atoms with Crippen LogP contribution in [-0.4, -0.2) is 50.2 Å². The first-order valence-corrected chi connectivity index (χ1v) is 7.50. The smallest absolute Gasteiger partial charge is 0.234 e. The Balaban J connectivity index is 2.27. The third kappa shape index (κ3) is 5.91. The van der Waals surface area contributed by atoms with Crippen LogP contribution in [-0.2, 0) is 9.53 Å². The standard InChI is InChI=1S/C15H30N2O2/c1-5-6-13(2)16-14(18)11-17-9-7-15(3,8-10-17)12-19-4/h13H,5-12H2,1-4H3,(H,16,18)/t13-/m0/s1. The van der Waals surface area contributed by atoms with Gasteiger partial charge in [-0.3, -0.25) is 9.69 Å². The number of nitrogens with zero attached hydrogens (tertiary/aromatic N) is 1. The molecule has 1 aliphatic heterocycles. The highest BCUT2D eigenvalue weighted by atomic mass is 16.5. The van der Waals surface area contributed by atoms with Gasteiger partial charge in [-0.05, 0) is 44.7 Å². The van der Waals surface area contributed by atoms with E-state index in [0.29, 0.717) is 12.6 Å². The molecule has 1 aliphatic rings. The van der Waals surface area contributed by atoms with Gasteiger partial charge in [0.2, 0.25) is 5.91 Å². The number of piperidine rings is 1. The Bertz CT molecular complexity index is 273. The van der Waals surface area contributed by atoms with Crippen LogP contribution in [0.15, 0.2) is 0 Å². The highest BCUT2D eigenvalue weighted by Gasteiger charge is 2.30. The number of hydrogen-bond acceptors (Lipinski definition) is 3. The Morgan fingerprint density at radius 3 is 2.58 bits per heavy atom. The van der Waals surface area contributed by atoms with E-state index in [2.05, 4.69) is 31.0 Å². The second kappa shape index (κ2) is 7.85. The van der Waals surface area contributed by atoms with Gasteiger partial charge in [0.15, 0.2) is 0 Å². The maximum Gasteiger partial charge on any atom is 0.234 e. The van der Waals surface area contributed by atoms with E-state index in [9.17, 15) is 4.79 Å². The van der Waals surface area contributed by atoms with Crippen LogP contribution in [0.25, 0.3) is 0 Å². The number of rotatable bonds is 7. The van der Waals surface area contributed by atoms with Crippen LogP contribution in [0.2, 0.25) is 0 Å². The number of ether oxygens (including phenoxy) is 1. The van der Waals surface area contributed by atoms with Crippen LogP contribution in [0.4, 0.5) is 0 Å². The first-order valence-electron chi connectivity index (χ1n) is 7.50. The topological polar surface area (TPSA) is 41.6 Å². The van der Waals surface area contributed by atoms with Crippen LogP contribution >= 0.6 is 0 Å². The molecule has 1 atom stereocenters. The lowest BCUT2D eigenvalue weighted by Crippen LogP contribution is -2.46.